The van der Waals surface area contributed by atoms with Crippen molar-refractivity contribution >= 4 is 13.7 Å². The molecule has 8 nitrogen and oxygen atoms in total. The molecular formula is C63H110N2O6P+. The molecule has 0 spiro atoms. The molecule has 0 fully saturated rings. The number of phosphoric acid groups is 1. The summed E-state index contributed by atoms with van der Waals surface area (Å²) in [7, 11) is 1.59. The Kier molecular flexibility index (Phi) is 50.5. The highest BCUT2D eigenvalue weighted by Gasteiger charge is 2.28. The van der Waals surface area contributed by atoms with Crippen LogP contribution in [0.5, 0.6) is 0 Å². The molecule has 0 radical (unpaired) electrons. The zero-order valence-electron chi connectivity index (χ0n) is 46.9. The van der Waals surface area contributed by atoms with Crippen LogP contribution in [0.25, 0.3) is 0 Å². The molecule has 0 saturated heterocycles. The minimum absolute atomic E-state index is 0.0654. The van der Waals surface area contributed by atoms with E-state index in [9.17, 15) is 19.4 Å². The van der Waals surface area contributed by atoms with Crippen molar-refractivity contribution in [2.45, 2.75) is 231 Å². The van der Waals surface area contributed by atoms with Crippen molar-refractivity contribution in [1.82, 2.24) is 5.32 Å². The Hall–Kier alpha value is -3.10. The van der Waals surface area contributed by atoms with E-state index in [0.29, 0.717) is 23.9 Å². The molecule has 72 heavy (non-hydrogen) atoms. The number of allylic oxidation sites excluding steroid dienone is 20. The number of phosphoric ester groups is 1. The van der Waals surface area contributed by atoms with Crippen molar-refractivity contribution in [2.24, 2.45) is 0 Å². The van der Waals surface area contributed by atoms with Crippen LogP contribution in [0.2, 0.25) is 0 Å². The van der Waals surface area contributed by atoms with Gasteiger partial charge >= 0.3 is 7.82 Å². The summed E-state index contributed by atoms with van der Waals surface area (Å²) in [6.45, 7) is 4.74. The van der Waals surface area contributed by atoms with Gasteiger partial charge in [-0.15, -0.1) is 0 Å². The number of nitrogens with zero attached hydrogens (tertiary/aromatic N) is 1. The van der Waals surface area contributed by atoms with Gasteiger partial charge in [0.15, 0.2) is 0 Å². The second-order valence-electron chi connectivity index (χ2n) is 20.3. The van der Waals surface area contributed by atoms with Crippen LogP contribution in [-0.4, -0.2) is 73.4 Å². The zero-order valence-corrected chi connectivity index (χ0v) is 47.8. The Morgan fingerprint density at radius 2 is 0.833 bits per heavy atom. The van der Waals surface area contributed by atoms with Gasteiger partial charge < -0.3 is 19.8 Å². The summed E-state index contributed by atoms with van der Waals surface area (Å²) in [6.07, 6.45) is 78.3. The van der Waals surface area contributed by atoms with E-state index in [2.05, 4.69) is 141 Å². The molecule has 0 saturated carbocycles. The van der Waals surface area contributed by atoms with Gasteiger partial charge in [0, 0.05) is 6.42 Å². The van der Waals surface area contributed by atoms with Crippen LogP contribution in [0.15, 0.2) is 122 Å². The van der Waals surface area contributed by atoms with Crippen molar-refractivity contribution in [3.8, 4) is 0 Å². The lowest BCUT2D eigenvalue weighted by molar-refractivity contribution is -0.870. The fourth-order valence-electron chi connectivity index (χ4n) is 7.72. The van der Waals surface area contributed by atoms with Crippen molar-refractivity contribution in [1.29, 1.82) is 0 Å². The fourth-order valence-corrected chi connectivity index (χ4v) is 8.46. The van der Waals surface area contributed by atoms with Gasteiger partial charge in [-0.05, 0) is 89.9 Å². The van der Waals surface area contributed by atoms with E-state index in [-0.39, 0.29) is 19.1 Å². The van der Waals surface area contributed by atoms with Crippen LogP contribution in [0.1, 0.15) is 219 Å². The molecule has 0 heterocycles. The molecule has 0 bridgehead atoms. The molecule has 0 rings (SSSR count). The summed E-state index contributed by atoms with van der Waals surface area (Å²) in [5.74, 6) is -0.164. The number of unbranched alkanes of at least 4 members (excludes halogenated alkanes) is 18. The molecular weight excluding hydrogens is 912 g/mol. The quantitative estimate of drug-likeness (QED) is 0.0243. The van der Waals surface area contributed by atoms with Crippen LogP contribution >= 0.6 is 7.82 Å². The van der Waals surface area contributed by atoms with Crippen molar-refractivity contribution in [3.63, 3.8) is 0 Å². The predicted molar refractivity (Wildman–Crippen MR) is 313 cm³/mol. The van der Waals surface area contributed by atoms with Crippen molar-refractivity contribution in [3.05, 3.63) is 122 Å². The van der Waals surface area contributed by atoms with Crippen LogP contribution in [-0.2, 0) is 18.4 Å². The molecule has 3 unspecified atom stereocenters. The van der Waals surface area contributed by atoms with Gasteiger partial charge in [-0.3, -0.25) is 13.8 Å². The molecule has 0 aliphatic heterocycles. The van der Waals surface area contributed by atoms with E-state index in [1.807, 2.05) is 21.1 Å². The van der Waals surface area contributed by atoms with E-state index in [1.165, 1.54) is 77.0 Å². The lowest BCUT2D eigenvalue weighted by atomic mass is 10.0. The highest BCUT2D eigenvalue weighted by Crippen LogP contribution is 2.43. The van der Waals surface area contributed by atoms with E-state index in [1.54, 1.807) is 0 Å². The second-order valence-corrected chi connectivity index (χ2v) is 21.7. The third kappa shape index (κ3) is 54.7. The van der Waals surface area contributed by atoms with E-state index in [0.717, 1.165) is 116 Å². The third-order valence-electron chi connectivity index (χ3n) is 12.2. The smallest absolute Gasteiger partial charge is 0.391 e. The first-order valence-corrected chi connectivity index (χ1v) is 30.4. The molecule has 3 N–H and O–H groups in total. The second kappa shape index (κ2) is 52.8. The zero-order chi connectivity index (χ0) is 52.7. The number of rotatable bonds is 51. The molecule has 0 aromatic rings. The Morgan fingerprint density at radius 3 is 1.22 bits per heavy atom. The first-order chi connectivity index (χ1) is 35.0. The highest BCUT2D eigenvalue weighted by molar-refractivity contribution is 7.47. The highest BCUT2D eigenvalue weighted by atomic mass is 31.2. The fraction of sp³-hybridized carbons (Fsp3) is 0.667. The maximum absolute atomic E-state index is 13.0. The average Bonchev–Trinajstić information content (AvgIpc) is 3.34. The molecule has 0 aromatic heterocycles. The maximum atomic E-state index is 13.0. The monoisotopic (exact) mass is 1020 g/mol. The van der Waals surface area contributed by atoms with Gasteiger partial charge in [0.05, 0.1) is 39.9 Å². The van der Waals surface area contributed by atoms with Crippen LogP contribution < -0.4 is 5.32 Å². The molecule has 412 valence electrons. The number of amides is 1. The lowest BCUT2D eigenvalue weighted by Crippen LogP contribution is -2.46. The van der Waals surface area contributed by atoms with Gasteiger partial charge in [0.2, 0.25) is 5.91 Å². The predicted octanol–water partition coefficient (Wildman–Crippen LogP) is 17.8. The van der Waals surface area contributed by atoms with Gasteiger partial charge in [-0.1, -0.05) is 245 Å². The standard InChI is InChI=1S/C63H109N2O6P/c1-6-8-10-12-14-16-18-20-21-22-23-24-25-26-27-28-29-30-31-32-33-34-35-36-37-38-39-40-41-42-43-45-47-49-51-53-55-57-63(67)64-61(60-71-72(68,69)70-59-58-65(3,4)5)62(66)56-54-52-50-48-46-44-19-17-15-13-11-9-7-2/h8,10,14,16,20-21,23-24,26-27,29-30,32-33,35-36,38-39,41-42,61-62,66H,6-7,9,11-13,15,17-19,22,25,28,31,34,37,40,43-60H2,1-5H3,(H-,64,67,68,69)/p+1/b10-8-,16-14-,21-20-,24-23-,27-26-,30-29-,33-32-,36-35-,39-38-,42-41-. The van der Waals surface area contributed by atoms with Crippen molar-refractivity contribution in [2.75, 3.05) is 40.9 Å². The summed E-state index contributed by atoms with van der Waals surface area (Å²) >= 11 is 0. The summed E-state index contributed by atoms with van der Waals surface area (Å²) in [4.78, 5) is 23.3. The van der Waals surface area contributed by atoms with Crippen LogP contribution in [0, 0.1) is 0 Å². The third-order valence-corrected chi connectivity index (χ3v) is 13.2. The Labute approximate surface area is 444 Å². The largest absolute Gasteiger partial charge is 0.472 e. The average molecular weight is 1020 g/mol. The van der Waals surface area contributed by atoms with Gasteiger partial charge in [-0.25, -0.2) is 4.57 Å². The first kappa shape index (κ1) is 68.9. The molecule has 0 aliphatic rings. The number of aliphatic hydroxyl groups excluding tert-OH is 1. The molecule has 1 amide bonds. The van der Waals surface area contributed by atoms with Gasteiger partial charge in [-0.2, -0.15) is 0 Å². The number of likely N-dealkylation sites (N-methyl/N-ethyl adjacent to an activating group) is 1. The molecule has 3 atom stereocenters. The summed E-state index contributed by atoms with van der Waals surface area (Å²) in [6, 6.07) is -0.777. The number of aliphatic hydroxyl groups is 1. The number of nitrogens with one attached hydrogen (secondary N) is 1. The number of carbonyl (C=O) groups is 1. The SMILES string of the molecule is CC/C=C\C/C=C\C/C=C\C/C=C\C/C=C\C/C=C\C/C=C\C/C=C\C/C=C\C/C=C\CCCCCCCCC(=O)NC(COP(=O)(O)OCC[N+](C)(C)C)C(O)CCCCCCCCCCCCCCC. The number of quaternary nitrogens is 1. The van der Waals surface area contributed by atoms with Crippen LogP contribution in [0.3, 0.4) is 0 Å². The topological polar surface area (TPSA) is 105 Å². The van der Waals surface area contributed by atoms with E-state index in [4.69, 9.17) is 9.05 Å². The molecule has 0 aliphatic carbocycles. The Bertz CT molecular complexity index is 1580. The summed E-state index contributed by atoms with van der Waals surface area (Å²) < 4.78 is 23.7. The Morgan fingerprint density at radius 1 is 0.486 bits per heavy atom. The number of hydrogen-bond acceptors (Lipinski definition) is 5. The van der Waals surface area contributed by atoms with Gasteiger partial charge in [0.1, 0.15) is 13.2 Å². The summed E-state index contributed by atoms with van der Waals surface area (Å²) in [5, 5.41) is 14.0. The molecule has 0 aromatic carbocycles. The number of hydrogen-bond donors (Lipinski definition) is 3. The van der Waals surface area contributed by atoms with E-state index >= 15 is 0 Å². The van der Waals surface area contributed by atoms with Crippen molar-refractivity contribution < 1.29 is 32.9 Å². The lowest BCUT2D eigenvalue weighted by Gasteiger charge is -2.26. The van der Waals surface area contributed by atoms with Gasteiger partial charge in [0.25, 0.3) is 0 Å². The van der Waals surface area contributed by atoms with E-state index < -0.39 is 20.0 Å². The minimum atomic E-state index is -4.33. The minimum Gasteiger partial charge on any atom is -0.391 e. The normalized spacial score (nSPS) is 14.8. The van der Waals surface area contributed by atoms with Crippen LogP contribution in [0.4, 0.5) is 0 Å². The summed E-state index contributed by atoms with van der Waals surface area (Å²) in [5.41, 5.74) is 0. The molecule has 9 heteroatoms. The number of carbonyl (C=O) groups excluding carboxylic acids is 1. The maximum Gasteiger partial charge on any atom is 0.472 e. The Balaban J connectivity index is 4.16. The first-order valence-electron chi connectivity index (χ1n) is 28.9.